The summed E-state index contributed by atoms with van der Waals surface area (Å²) in [6.07, 6.45) is 1.76. The van der Waals surface area contributed by atoms with E-state index in [1.54, 1.807) is 12.3 Å². The van der Waals surface area contributed by atoms with Crippen LogP contribution in [0.15, 0.2) is 41.0 Å². The van der Waals surface area contributed by atoms with E-state index in [1.807, 2.05) is 38.1 Å². The lowest BCUT2D eigenvalue weighted by molar-refractivity contribution is 0.169. The molecule has 0 amide bonds. The minimum atomic E-state index is -0.514. The smallest absolute Gasteiger partial charge is 0.145 e. The standard InChI is InChI=1S/C15H16BrNO2/c1-3-14(18)13-6-5-11(9-17-13)19-15-7-4-10(2)8-12(15)16/h4-9,14,18H,3H2,1-2H3/t14-/m0/s1. The highest BCUT2D eigenvalue weighted by Gasteiger charge is 2.07. The molecule has 1 N–H and O–H groups in total. The molecule has 0 saturated carbocycles. The van der Waals surface area contributed by atoms with Crippen LogP contribution >= 0.6 is 15.9 Å². The fourth-order valence-electron chi connectivity index (χ4n) is 1.67. The van der Waals surface area contributed by atoms with Crippen molar-refractivity contribution in [3.05, 3.63) is 52.3 Å². The van der Waals surface area contributed by atoms with E-state index in [2.05, 4.69) is 20.9 Å². The average Bonchev–Trinajstić information content (AvgIpc) is 2.42. The van der Waals surface area contributed by atoms with Gasteiger partial charge in [0.05, 0.1) is 22.5 Å². The third-order valence-corrected chi connectivity index (χ3v) is 3.42. The topological polar surface area (TPSA) is 42.4 Å². The number of halogens is 1. The molecule has 0 bridgehead atoms. The molecule has 2 rings (SSSR count). The van der Waals surface area contributed by atoms with Crippen LogP contribution in [0.1, 0.15) is 30.7 Å². The summed E-state index contributed by atoms with van der Waals surface area (Å²) in [6.45, 7) is 3.94. The van der Waals surface area contributed by atoms with Crippen molar-refractivity contribution < 1.29 is 9.84 Å². The Morgan fingerprint density at radius 2 is 2.11 bits per heavy atom. The molecule has 19 heavy (non-hydrogen) atoms. The number of aliphatic hydroxyl groups excluding tert-OH is 1. The first kappa shape index (κ1) is 14.0. The van der Waals surface area contributed by atoms with E-state index < -0.39 is 6.10 Å². The normalized spacial score (nSPS) is 12.2. The molecular formula is C15H16BrNO2. The van der Waals surface area contributed by atoms with Crippen molar-refractivity contribution in [2.24, 2.45) is 0 Å². The first-order valence-electron chi connectivity index (χ1n) is 6.18. The molecule has 1 atom stereocenters. The number of nitrogens with zero attached hydrogens (tertiary/aromatic N) is 1. The maximum Gasteiger partial charge on any atom is 0.145 e. The zero-order valence-corrected chi connectivity index (χ0v) is 12.5. The molecule has 0 unspecified atom stereocenters. The van der Waals surface area contributed by atoms with Crippen molar-refractivity contribution in [2.45, 2.75) is 26.4 Å². The molecule has 0 radical (unpaired) electrons. The molecule has 2 aromatic rings. The second-order valence-corrected chi connectivity index (χ2v) is 5.23. The molecular weight excluding hydrogens is 306 g/mol. The maximum atomic E-state index is 9.67. The molecule has 0 aliphatic rings. The number of pyridine rings is 1. The van der Waals surface area contributed by atoms with Gasteiger partial charge < -0.3 is 9.84 Å². The molecule has 0 aliphatic heterocycles. The lowest BCUT2D eigenvalue weighted by Gasteiger charge is -2.10. The molecule has 100 valence electrons. The number of aryl methyl sites for hydroxylation is 1. The van der Waals surface area contributed by atoms with Gasteiger partial charge in [0.25, 0.3) is 0 Å². The number of hydrogen-bond donors (Lipinski definition) is 1. The molecule has 0 fully saturated rings. The first-order valence-corrected chi connectivity index (χ1v) is 6.97. The van der Waals surface area contributed by atoms with Gasteiger partial charge in [0.2, 0.25) is 0 Å². The zero-order valence-electron chi connectivity index (χ0n) is 10.9. The largest absolute Gasteiger partial charge is 0.455 e. The van der Waals surface area contributed by atoms with Crippen LogP contribution in [0, 0.1) is 6.92 Å². The lowest BCUT2D eigenvalue weighted by Crippen LogP contribution is -1.98. The molecule has 0 spiro atoms. The van der Waals surface area contributed by atoms with Crippen molar-refractivity contribution in [3.63, 3.8) is 0 Å². The molecule has 0 saturated heterocycles. The van der Waals surface area contributed by atoms with E-state index >= 15 is 0 Å². The van der Waals surface area contributed by atoms with Gasteiger partial charge in [0, 0.05) is 0 Å². The minimum absolute atomic E-state index is 0.514. The number of ether oxygens (including phenoxy) is 1. The summed E-state index contributed by atoms with van der Waals surface area (Å²) in [7, 11) is 0. The van der Waals surface area contributed by atoms with Gasteiger partial charge in [-0.05, 0) is 59.1 Å². The van der Waals surface area contributed by atoms with Gasteiger partial charge >= 0.3 is 0 Å². The van der Waals surface area contributed by atoms with E-state index in [-0.39, 0.29) is 0 Å². The Kier molecular flexibility index (Phi) is 4.56. The summed E-state index contributed by atoms with van der Waals surface area (Å²) in [6, 6.07) is 9.49. The van der Waals surface area contributed by atoms with Gasteiger partial charge in [0.1, 0.15) is 11.5 Å². The highest BCUT2D eigenvalue weighted by atomic mass is 79.9. The van der Waals surface area contributed by atoms with Crippen molar-refractivity contribution in [2.75, 3.05) is 0 Å². The van der Waals surface area contributed by atoms with Crippen LogP contribution in [0.5, 0.6) is 11.5 Å². The molecule has 3 nitrogen and oxygen atoms in total. The van der Waals surface area contributed by atoms with Gasteiger partial charge in [-0.3, -0.25) is 4.98 Å². The predicted molar refractivity (Wildman–Crippen MR) is 78.4 cm³/mol. The van der Waals surface area contributed by atoms with Gasteiger partial charge in [-0.1, -0.05) is 13.0 Å². The van der Waals surface area contributed by atoms with Crippen molar-refractivity contribution in [3.8, 4) is 11.5 Å². The quantitative estimate of drug-likeness (QED) is 0.908. The third kappa shape index (κ3) is 3.55. The second kappa shape index (κ2) is 6.17. The molecule has 4 heteroatoms. The number of hydrogen-bond acceptors (Lipinski definition) is 3. The summed E-state index contributed by atoms with van der Waals surface area (Å²) in [5.41, 5.74) is 1.83. The first-order chi connectivity index (χ1) is 9.10. The molecule has 1 aromatic heterocycles. The van der Waals surface area contributed by atoms with E-state index in [0.29, 0.717) is 17.9 Å². The monoisotopic (exact) mass is 321 g/mol. The Hall–Kier alpha value is -1.39. The second-order valence-electron chi connectivity index (χ2n) is 4.38. The summed E-state index contributed by atoms with van der Waals surface area (Å²) in [5.74, 6) is 1.40. The summed E-state index contributed by atoms with van der Waals surface area (Å²) < 4.78 is 6.65. The van der Waals surface area contributed by atoms with E-state index in [9.17, 15) is 5.11 Å². The number of aliphatic hydroxyl groups is 1. The van der Waals surface area contributed by atoms with Gasteiger partial charge in [-0.25, -0.2) is 0 Å². The van der Waals surface area contributed by atoms with Crippen LogP contribution in [0.4, 0.5) is 0 Å². The predicted octanol–water partition coefficient (Wildman–Crippen LogP) is 4.39. The minimum Gasteiger partial charge on any atom is -0.455 e. The number of benzene rings is 1. The lowest BCUT2D eigenvalue weighted by atomic mass is 10.2. The van der Waals surface area contributed by atoms with Crippen molar-refractivity contribution in [1.29, 1.82) is 0 Å². The Morgan fingerprint density at radius 3 is 2.68 bits per heavy atom. The Morgan fingerprint density at radius 1 is 1.32 bits per heavy atom. The molecule has 1 aromatic carbocycles. The number of rotatable bonds is 4. The van der Waals surface area contributed by atoms with E-state index in [0.717, 1.165) is 10.2 Å². The Labute approximate surface area is 121 Å². The van der Waals surface area contributed by atoms with Crippen molar-refractivity contribution in [1.82, 2.24) is 4.98 Å². The average molecular weight is 322 g/mol. The summed E-state index contributed by atoms with van der Waals surface area (Å²) in [5, 5.41) is 9.67. The van der Waals surface area contributed by atoms with Gasteiger partial charge in [-0.15, -0.1) is 0 Å². The summed E-state index contributed by atoms with van der Waals surface area (Å²) >= 11 is 3.47. The number of aromatic nitrogens is 1. The summed E-state index contributed by atoms with van der Waals surface area (Å²) in [4.78, 5) is 4.20. The van der Waals surface area contributed by atoms with Crippen LogP contribution in [-0.4, -0.2) is 10.1 Å². The van der Waals surface area contributed by atoms with Crippen LogP contribution in [-0.2, 0) is 0 Å². The van der Waals surface area contributed by atoms with Crippen LogP contribution in [0.2, 0.25) is 0 Å². The highest BCUT2D eigenvalue weighted by Crippen LogP contribution is 2.30. The van der Waals surface area contributed by atoms with Crippen LogP contribution < -0.4 is 4.74 Å². The van der Waals surface area contributed by atoms with Gasteiger partial charge in [0.15, 0.2) is 0 Å². The fourth-order valence-corrected chi connectivity index (χ4v) is 2.25. The highest BCUT2D eigenvalue weighted by molar-refractivity contribution is 9.10. The van der Waals surface area contributed by atoms with E-state index in [1.165, 1.54) is 5.56 Å². The van der Waals surface area contributed by atoms with Crippen molar-refractivity contribution >= 4 is 15.9 Å². The molecule has 0 aliphatic carbocycles. The fraction of sp³-hybridized carbons (Fsp3) is 0.267. The van der Waals surface area contributed by atoms with E-state index in [4.69, 9.17) is 4.74 Å². The SMILES string of the molecule is CC[C@H](O)c1ccc(Oc2ccc(C)cc2Br)cn1. The zero-order chi connectivity index (χ0) is 13.8. The maximum absolute atomic E-state index is 9.67. The van der Waals surface area contributed by atoms with Gasteiger partial charge in [-0.2, -0.15) is 0 Å². The van der Waals surface area contributed by atoms with Crippen LogP contribution in [0.3, 0.4) is 0 Å². The Bertz CT molecular complexity index is 555. The van der Waals surface area contributed by atoms with Crippen LogP contribution in [0.25, 0.3) is 0 Å². The molecule has 1 heterocycles. The third-order valence-electron chi connectivity index (χ3n) is 2.80. The Balaban J connectivity index is 2.15.